The summed E-state index contributed by atoms with van der Waals surface area (Å²) in [5.74, 6) is -0.301. The first-order chi connectivity index (χ1) is 16.3. The van der Waals surface area contributed by atoms with E-state index in [2.05, 4.69) is 10.0 Å². The largest absolute Gasteiger partial charge is 0.495 e. The van der Waals surface area contributed by atoms with Crippen LogP contribution < -0.4 is 14.8 Å². The van der Waals surface area contributed by atoms with Crippen LogP contribution in [-0.2, 0) is 34.1 Å². The van der Waals surface area contributed by atoms with Gasteiger partial charge in [0, 0.05) is 10.7 Å². The molecule has 0 heterocycles. The number of aryl methyl sites for hydroxylation is 2. The number of methoxy groups -OCH3 is 1. The lowest BCUT2D eigenvalue weighted by molar-refractivity contribution is -0.117. The molecule has 3 aromatic rings. The highest BCUT2D eigenvalue weighted by Gasteiger charge is 2.29. The Bertz CT molecular complexity index is 1220. The number of carbonyl (C=O) groups excluding carboxylic acids is 1. The lowest BCUT2D eigenvalue weighted by Gasteiger charge is -2.22. The summed E-state index contributed by atoms with van der Waals surface area (Å²) < 4.78 is 34.5. The highest BCUT2D eigenvalue weighted by molar-refractivity contribution is 7.89. The number of hydrogen-bond acceptors (Lipinski definition) is 4. The van der Waals surface area contributed by atoms with E-state index < -0.39 is 22.0 Å². The van der Waals surface area contributed by atoms with Gasteiger partial charge in [0.15, 0.2) is 0 Å². The molecule has 34 heavy (non-hydrogen) atoms. The normalized spacial score (nSPS) is 12.2. The number of carbonyl (C=O) groups is 1. The van der Waals surface area contributed by atoms with Crippen LogP contribution in [0.25, 0.3) is 0 Å². The van der Waals surface area contributed by atoms with E-state index in [0.29, 0.717) is 0 Å². The number of hydrogen-bond donors (Lipinski definition) is 2. The number of benzene rings is 3. The molecular formula is C26H29ClN2O4S. The third-order valence-corrected chi connectivity index (χ3v) is 7.29. The number of ether oxygens (including phenoxy) is 1. The molecule has 3 aromatic carbocycles. The quantitative estimate of drug-likeness (QED) is 0.410. The number of sulfonamides is 1. The van der Waals surface area contributed by atoms with Gasteiger partial charge in [0.2, 0.25) is 15.9 Å². The maximum atomic E-state index is 13.5. The second kappa shape index (κ2) is 11.5. The Morgan fingerprint density at radius 1 is 0.971 bits per heavy atom. The van der Waals surface area contributed by atoms with Crippen LogP contribution in [0.15, 0.2) is 71.6 Å². The molecule has 0 aliphatic carbocycles. The van der Waals surface area contributed by atoms with Gasteiger partial charge in [0.25, 0.3) is 0 Å². The third kappa shape index (κ3) is 6.17. The minimum Gasteiger partial charge on any atom is -0.495 e. The molecule has 6 nitrogen and oxygen atoms in total. The molecule has 0 bridgehead atoms. The lowest BCUT2D eigenvalue weighted by atomic mass is 10.0. The van der Waals surface area contributed by atoms with Crippen molar-refractivity contribution in [2.24, 2.45) is 0 Å². The summed E-state index contributed by atoms with van der Waals surface area (Å²) in [6, 6.07) is 18.4. The number of anilines is 1. The number of rotatable bonds is 10. The molecule has 0 aliphatic heterocycles. The Hall–Kier alpha value is -2.87. The first-order valence-electron chi connectivity index (χ1n) is 11.1. The third-order valence-electron chi connectivity index (χ3n) is 5.56. The predicted molar refractivity (Wildman–Crippen MR) is 136 cm³/mol. The van der Waals surface area contributed by atoms with Crippen LogP contribution in [0, 0.1) is 0 Å². The van der Waals surface area contributed by atoms with E-state index in [0.717, 1.165) is 35.2 Å². The topological polar surface area (TPSA) is 84.5 Å². The maximum absolute atomic E-state index is 13.5. The molecule has 0 fully saturated rings. The zero-order chi connectivity index (χ0) is 24.7. The summed E-state index contributed by atoms with van der Waals surface area (Å²) in [7, 11) is -2.75. The van der Waals surface area contributed by atoms with Gasteiger partial charge >= 0.3 is 0 Å². The van der Waals surface area contributed by atoms with Crippen molar-refractivity contribution >= 4 is 33.2 Å². The summed E-state index contributed by atoms with van der Waals surface area (Å²) in [6.45, 7) is 4.03. The molecule has 0 aromatic heterocycles. The molecule has 3 rings (SSSR count). The fourth-order valence-electron chi connectivity index (χ4n) is 3.76. The average Bonchev–Trinajstić information content (AvgIpc) is 2.84. The lowest BCUT2D eigenvalue weighted by Crippen LogP contribution is -2.45. The summed E-state index contributed by atoms with van der Waals surface area (Å²) >= 11 is 6.06. The van der Waals surface area contributed by atoms with Crippen LogP contribution >= 0.6 is 11.6 Å². The number of nitrogens with one attached hydrogen (secondary N) is 2. The fraction of sp³-hybridized carbons (Fsp3) is 0.269. The van der Waals surface area contributed by atoms with Gasteiger partial charge in [-0.05, 0) is 54.2 Å². The Labute approximate surface area is 206 Å². The van der Waals surface area contributed by atoms with Gasteiger partial charge in [-0.1, -0.05) is 74.0 Å². The first-order valence-corrected chi connectivity index (χ1v) is 13.0. The highest BCUT2D eigenvalue weighted by Crippen LogP contribution is 2.28. The number of para-hydroxylation sites is 1. The molecule has 0 saturated carbocycles. The van der Waals surface area contributed by atoms with Gasteiger partial charge < -0.3 is 10.1 Å². The number of amides is 1. The van der Waals surface area contributed by atoms with Gasteiger partial charge in [-0.2, -0.15) is 4.72 Å². The van der Waals surface area contributed by atoms with Crippen molar-refractivity contribution in [1.82, 2.24) is 4.72 Å². The van der Waals surface area contributed by atoms with Crippen LogP contribution in [0.1, 0.15) is 30.5 Å². The van der Waals surface area contributed by atoms with Crippen molar-refractivity contribution in [2.75, 3.05) is 12.4 Å². The molecule has 1 unspecified atom stereocenters. The highest BCUT2D eigenvalue weighted by atomic mass is 35.5. The van der Waals surface area contributed by atoms with Crippen molar-refractivity contribution in [3.05, 3.63) is 88.4 Å². The molecule has 180 valence electrons. The van der Waals surface area contributed by atoms with E-state index in [1.807, 2.05) is 62.4 Å². The molecule has 1 atom stereocenters. The summed E-state index contributed by atoms with van der Waals surface area (Å²) in [6.07, 6.45) is 1.64. The van der Waals surface area contributed by atoms with Crippen LogP contribution in [0.5, 0.6) is 5.75 Å². The van der Waals surface area contributed by atoms with Crippen LogP contribution in [0.4, 0.5) is 5.69 Å². The average molecular weight is 501 g/mol. The molecule has 0 spiro atoms. The Morgan fingerprint density at radius 3 is 2.21 bits per heavy atom. The van der Waals surface area contributed by atoms with Gasteiger partial charge in [-0.15, -0.1) is 0 Å². The molecule has 0 saturated heterocycles. The summed E-state index contributed by atoms with van der Waals surface area (Å²) in [5.41, 5.74) is 3.54. The first kappa shape index (κ1) is 25.7. The van der Waals surface area contributed by atoms with Crippen molar-refractivity contribution in [2.45, 2.75) is 44.0 Å². The fourth-order valence-corrected chi connectivity index (χ4v) is 5.39. The summed E-state index contributed by atoms with van der Waals surface area (Å²) in [5, 5.41) is 3.24. The molecular weight excluding hydrogens is 472 g/mol. The molecule has 2 N–H and O–H groups in total. The summed E-state index contributed by atoms with van der Waals surface area (Å²) in [4.78, 5) is 13.4. The van der Waals surface area contributed by atoms with Crippen molar-refractivity contribution in [3.63, 3.8) is 0 Å². The SMILES string of the molecule is CCc1cccc(CC)c1NC(=O)C(Cc1ccccc1)NS(=O)(=O)c1cc(Cl)ccc1OC. The van der Waals surface area contributed by atoms with Crippen molar-refractivity contribution in [1.29, 1.82) is 0 Å². The van der Waals surface area contributed by atoms with Crippen LogP contribution in [0.3, 0.4) is 0 Å². The van der Waals surface area contributed by atoms with E-state index in [-0.39, 0.29) is 22.1 Å². The van der Waals surface area contributed by atoms with Gasteiger partial charge in [-0.25, -0.2) is 8.42 Å². The smallest absolute Gasteiger partial charge is 0.245 e. The minimum atomic E-state index is -4.13. The van der Waals surface area contributed by atoms with E-state index in [4.69, 9.17) is 16.3 Å². The van der Waals surface area contributed by atoms with Gasteiger partial charge in [-0.3, -0.25) is 4.79 Å². The molecule has 8 heteroatoms. The predicted octanol–water partition coefficient (Wildman–Crippen LogP) is 5.00. The second-order valence-corrected chi connectivity index (χ2v) is 9.93. The van der Waals surface area contributed by atoms with Gasteiger partial charge in [0.1, 0.15) is 16.7 Å². The van der Waals surface area contributed by atoms with Crippen LogP contribution in [-0.4, -0.2) is 27.5 Å². The zero-order valence-corrected chi connectivity index (χ0v) is 21.0. The zero-order valence-electron chi connectivity index (χ0n) is 19.5. The second-order valence-electron chi connectivity index (χ2n) is 7.81. The molecule has 1 amide bonds. The maximum Gasteiger partial charge on any atom is 0.245 e. The Balaban J connectivity index is 1.98. The Kier molecular flexibility index (Phi) is 8.72. The van der Waals surface area contributed by atoms with E-state index in [1.165, 1.54) is 19.2 Å². The minimum absolute atomic E-state index is 0.128. The van der Waals surface area contributed by atoms with Crippen molar-refractivity contribution in [3.8, 4) is 5.75 Å². The van der Waals surface area contributed by atoms with Crippen molar-refractivity contribution < 1.29 is 17.9 Å². The monoisotopic (exact) mass is 500 g/mol. The van der Waals surface area contributed by atoms with Gasteiger partial charge in [0.05, 0.1) is 7.11 Å². The number of halogens is 1. The Morgan fingerprint density at radius 2 is 1.62 bits per heavy atom. The van der Waals surface area contributed by atoms with E-state index >= 15 is 0 Å². The molecule has 0 radical (unpaired) electrons. The standard InChI is InChI=1S/C26H29ClN2O4S/c1-4-19-12-9-13-20(5-2)25(19)28-26(30)22(16-18-10-7-6-8-11-18)29-34(31,32)24-17-21(27)14-15-23(24)33-3/h6-15,17,22,29H,4-5,16H2,1-3H3,(H,28,30). The molecule has 0 aliphatic rings. The van der Waals surface area contributed by atoms with E-state index in [1.54, 1.807) is 6.07 Å². The van der Waals surface area contributed by atoms with Crippen LogP contribution in [0.2, 0.25) is 5.02 Å². The van der Waals surface area contributed by atoms with E-state index in [9.17, 15) is 13.2 Å².